The van der Waals surface area contributed by atoms with E-state index < -0.39 is 11.4 Å². The number of fused-ring (bicyclic) bond motifs is 1. The predicted octanol–water partition coefficient (Wildman–Crippen LogP) is 3.70. The monoisotopic (exact) mass is 451 g/mol. The number of aryl methyl sites for hydroxylation is 1. The molecule has 0 spiro atoms. The van der Waals surface area contributed by atoms with E-state index in [9.17, 15) is 9.59 Å². The van der Waals surface area contributed by atoms with Gasteiger partial charge in [0.15, 0.2) is 5.75 Å². The number of esters is 1. The summed E-state index contributed by atoms with van der Waals surface area (Å²) < 4.78 is 16.1. The Bertz CT molecular complexity index is 1230. The molecule has 1 aliphatic rings. The fourth-order valence-electron chi connectivity index (χ4n) is 4.38. The van der Waals surface area contributed by atoms with Gasteiger partial charge in [-0.05, 0) is 38.8 Å². The third-order valence-electron chi connectivity index (χ3n) is 6.07. The second-order valence-electron chi connectivity index (χ2n) is 8.06. The summed E-state index contributed by atoms with van der Waals surface area (Å²) in [5.41, 5.74) is 1.86. The smallest absolute Gasteiger partial charge is 0.344 e. The summed E-state index contributed by atoms with van der Waals surface area (Å²) >= 11 is 0. The lowest BCUT2D eigenvalue weighted by atomic mass is 10.0. The third-order valence-corrected chi connectivity index (χ3v) is 6.07. The molecule has 0 amide bonds. The first kappa shape index (κ1) is 22.8. The summed E-state index contributed by atoms with van der Waals surface area (Å²) in [7, 11) is 3.14. The summed E-state index contributed by atoms with van der Waals surface area (Å²) in [6.07, 6.45) is 1.95. The van der Waals surface area contributed by atoms with Crippen LogP contribution in [-0.4, -0.2) is 56.0 Å². The largest absolute Gasteiger partial charge is 0.491 e. The SMILES string of the molecule is CCOC(=O)c1c(-c2cc3ccccc3nc2N2CCC(OC)CC2)[nH]c(C)c(OC)c1=O. The van der Waals surface area contributed by atoms with E-state index in [1.807, 2.05) is 30.3 Å². The van der Waals surface area contributed by atoms with Gasteiger partial charge >= 0.3 is 5.97 Å². The first-order valence-electron chi connectivity index (χ1n) is 11.1. The van der Waals surface area contributed by atoms with E-state index in [1.165, 1.54) is 7.11 Å². The molecule has 0 unspecified atom stereocenters. The molecule has 3 aromatic rings. The van der Waals surface area contributed by atoms with Crippen molar-refractivity contribution in [2.24, 2.45) is 0 Å². The number of nitrogens with zero attached hydrogens (tertiary/aromatic N) is 2. The zero-order valence-electron chi connectivity index (χ0n) is 19.4. The number of hydrogen-bond acceptors (Lipinski definition) is 7. The van der Waals surface area contributed by atoms with E-state index in [0.29, 0.717) is 22.8 Å². The van der Waals surface area contributed by atoms with E-state index in [4.69, 9.17) is 19.2 Å². The van der Waals surface area contributed by atoms with Gasteiger partial charge in [0.2, 0.25) is 5.43 Å². The van der Waals surface area contributed by atoms with Crippen LogP contribution in [-0.2, 0) is 9.47 Å². The Hall–Kier alpha value is -3.39. The summed E-state index contributed by atoms with van der Waals surface area (Å²) in [5.74, 6) is 0.122. The lowest BCUT2D eigenvalue weighted by molar-refractivity contribution is 0.0525. The van der Waals surface area contributed by atoms with Crippen molar-refractivity contribution in [2.75, 3.05) is 38.8 Å². The summed E-state index contributed by atoms with van der Waals surface area (Å²) in [6, 6.07) is 9.77. The van der Waals surface area contributed by atoms with Crippen LogP contribution in [0.1, 0.15) is 35.8 Å². The maximum Gasteiger partial charge on any atom is 0.344 e. The number of carbonyl (C=O) groups is 1. The van der Waals surface area contributed by atoms with Gasteiger partial charge in [-0.3, -0.25) is 4.79 Å². The Labute approximate surface area is 192 Å². The molecule has 33 heavy (non-hydrogen) atoms. The normalized spacial score (nSPS) is 14.5. The van der Waals surface area contributed by atoms with Crippen molar-refractivity contribution in [3.8, 4) is 17.0 Å². The summed E-state index contributed by atoms with van der Waals surface area (Å²) in [4.78, 5) is 36.6. The lowest BCUT2D eigenvalue weighted by Crippen LogP contribution is -2.37. The van der Waals surface area contributed by atoms with Crippen molar-refractivity contribution >= 4 is 22.7 Å². The average molecular weight is 452 g/mol. The number of nitrogens with one attached hydrogen (secondary N) is 1. The predicted molar refractivity (Wildman–Crippen MR) is 127 cm³/mol. The minimum absolute atomic E-state index is 0.0793. The van der Waals surface area contributed by atoms with Crippen molar-refractivity contribution in [1.82, 2.24) is 9.97 Å². The summed E-state index contributed by atoms with van der Waals surface area (Å²) in [5, 5.41) is 0.909. The molecule has 0 bridgehead atoms. The minimum atomic E-state index is -0.691. The molecule has 4 rings (SSSR count). The highest BCUT2D eigenvalue weighted by Crippen LogP contribution is 2.35. The molecule has 3 heterocycles. The maximum absolute atomic E-state index is 13.3. The number of pyridine rings is 2. The standard InChI is InChI=1S/C25H29N3O5/c1-5-33-25(30)20-21(26-15(2)23(32-4)22(20)29)18-14-16-8-6-7-9-19(16)27-24(18)28-12-10-17(31-3)11-13-28/h6-9,14,17H,5,10-13H2,1-4H3,(H,26,29). The van der Waals surface area contributed by atoms with Crippen molar-refractivity contribution < 1.29 is 19.0 Å². The quantitative estimate of drug-likeness (QED) is 0.571. The van der Waals surface area contributed by atoms with Gasteiger partial charge in [0, 0.05) is 31.1 Å². The molecule has 8 heteroatoms. The lowest BCUT2D eigenvalue weighted by Gasteiger charge is -2.33. The second kappa shape index (κ2) is 9.62. The number of para-hydroxylation sites is 1. The number of aromatic amines is 1. The minimum Gasteiger partial charge on any atom is -0.491 e. The number of aromatic nitrogens is 2. The fraction of sp³-hybridized carbons (Fsp3) is 0.400. The first-order chi connectivity index (χ1) is 16.0. The molecule has 1 aliphatic heterocycles. The molecule has 8 nitrogen and oxygen atoms in total. The number of hydrogen-bond donors (Lipinski definition) is 1. The number of benzene rings is 1. The van der Waals surface area contributed by atoms with Crippen LogP contribution in [0.3, 0.4) is 0 Å². The molecule has 174 valence electrons. The van der Waals surface area contributed by atoms with Crippen LogP contribution in [0.15, 0.2) is 35.1 Å². The number of methoxy groups -OCH3 is 2. The summed E-state index contributed by atoms with van der Waals surface area (Å²) in [6.45, 7) is 5.12. The first-order valence-corrected chi connectivity index (χ1v) is 11.1. The van der Waals surface area contributed by atoms with Crippen molar-refractivity contribution in [3.63, 3.8) is 0 Å². The fourth-order valence-corrected chi connectivity index (χ4v) is 4.38. The number of piperidine rings is 1. The van der Waals surface area contributed by atoms with Gasteiger partial charge in [0.1, 0.15) is 11.4 Å². The Balaban J connectivity index is 1.97. The Morgan fingerprint density at radius 2 is 1.94 bits per heavy atom. The third kappa shape index (κ3) is 4.30. The molecule has 0 radical (unpaired) electrons. The average Bonchev–Trinajstić information content (AvgIpc) is 2.83. The van der Waals surface area contributed by atoms with Crippen LogP contribution in [0.25, 0.3) is 22.2 Å². The van der Waals surface area contributed by atoms with Gasteiger partial charge in [0.05, 0.1) is 36.7 Å². The van der Waals surface area contributed by atoms with Gasteiger partial charge in [-0.25, -0.2) is 9.78 Å². The van der Waals surface area contributed by atoms with Crippen LogP contribution >= 0.6 is 0 Å². The molecule has 1 saturated heterocycles. The van der Waals surface area contributed by atoms with E-state index in [0.717, 1.165) is 36.8 Å². The van der Waals surface area contributed by atoms with Gasteiger partial charge in [-0.1, -0.05) is 18.2 Å². The maximum atomic E-state index is 13.3. The Morgan fingerprint density at radius 1 is 1.21 bits per heavy atom. The van der Waals surface area contributed by atoms with Gasteiger partial charge in [0.25, 0.3) is 0 Å². The van der Waals surface area contributed by atoms with Crippen LogP contribution in [0, 0.1) is 6.92 Å². The van der Waals surface area contributed by atoms with E-state index in [1.54, 1.807) is 21.0 Å². The highest BCUT2D eigenvalue weighted by atomic mass is 16.5. The van der Waals surface area contributed by atoms with E-state index in [2.05, 4.69) is 9.88 Å². The molecular formula is C25H29N3O5. The number of anilines is 1. The van der Waals surface area contributed by atoms with Crippen LogP contribution in [0.4, 0.5) is 5.82 Å². The van der Waals surface area contributed by atoms with E-state index in [-0.39, 0.29) is 24.0 Å². The molecule has 0 atom stereocenters. The zero-order valence-corrected chi connectivity index (χ0v) is 19.4. The molecule has 0 saturated carbocycles. The van der Waals surface area contributed by atoms with Crippen molar-refractivity contribution in [1.29, 1.82) is 0 Å². The van der Waals surface area contributed by atoms with E-state index >= 15 is 0 Å². The zero-order chi connectivity index (χ0) is 23.5. The van der Waals surface area contributed by atoms with Crippen LogP contribution < -0.4 is 15.1 Å². The van der Waals surface area contributed by atoms with Crippen molar-refractivity contribution in [3.05, 3.63) is 51.8 Å². The number of rotatable bonds is 6. The Kier molecular flexibility index (Phi) is 6.65. The Morgan fingerprint density at radius 3 is 2.61 bits per heavy atom. The highest BCUT2D eigenvalue weighted by molar-refractivity contribution is 6.00. The van der Waals surface area contributed by atoms with Gasteiger partial charge < -0.3 is 24.1 Å². The van der Waals surface area contributed by atoms with Crippen molar-refractivity contribution in [2.45, 2.75) is 32.8 Å². The molecule has 1 N–H and O–H groups in total. The topological polar surface area (TPSA) is 93.8 Å². The van der Waals surface area contributed by atoms with Crippen LogP contribution in [0.2, 0.25) is 0 Å². The number of carbonyl (C=O) groups excluding carboxylic acids is 1. The molecular weight excluding hydrogens is 422 g/mol. The van der Waals surface area contributed by atoms with Gasteiger partial charge in [-0.2, -0.15) is 0 Å². The molecule has 1 aromatic carbocycles. The van der Waals surface area contributed by atoms with Crippen LogP contribution in [0.5, 0.6) is 5.75 Å². The number of ether oxygens (including phenoxy) is 3. The highest BCUT2D eigenvalue weighted by Gasteiger charge is 2.28. The van der Waals surface area contributed by atoms with Gasteiger partial charge in [-0.15, -0.1) is 0 Å². The molecule has 0 aliphatic carbocycles. The second-order valence-corrected chi connectivity index (χ2v) is 8.06. The number of H-pyrrole nitrogens is 1. The molecule has 1 fully saturated rings. The molecule has 2 aromatic heterocycles.